The van der Waals surface area contributed by atoms with Gasteiger partial charge in [0.2, 0.25) is 0 Å². The van der Waals surface area contributed by atoms with Crippen LogP contribution in [0.3, 0.4) is 0 Å². The summed E-state index contributed by atoms with van der Waals surface area (Å²) in [6.45, 7) is 0. The third kappa shape index (κ3) is 3.84. The fourth-order valence-corrected chi connectivity index (χ4v) is 3.94. The first-order valence-corrected chi connectivity index (χ1v) is 10.4. The number of para-hydroxylation sites is 1. The first kappa shape index (κ1) is 20.2. The lowest BCUT2D eigenvalue weighted by atomic mass is 9.91. The van der Waals surface area contributed by atoms with Crippen LogP contribution in [-0.2, 0) is 11.2 Å². The van der Waals surface area contributed by atoms with E-state index >= 15 is 0 Å². The van der Waals surface area contributed by atoms with Crippen molar-refractivity contribution in [3.8, 4) is 17.2 Å². The highest BCUT2D eigenvalue weighted by Gasteiger charge is 2.27. The standard InChI is InChI=1S/C27H18N4O2/c28-13-12-17-6-9-20(10-7-17)30-16-24-23-15-19(8-11-22(23)26(32)31-27(24)33)21-5-1-3-18-4-2-14-29-25(18)21/h1-11,14-16,30H,12H2,(H,31,32,33)/b24-16-. The van der Waals surface area contributed by atoms with Crippen molar-refractivity contribution in [3.05, 3.63) is 102 Å². The fraction of sp³-hybridized carbons (Fsp3) is 0.0370. The van der Waals surface area contributed by atoms with Gasteiger partial charge in [-0.05, 0) is 41.5 Å². The molecular weight excluding hydrogens is 412 g/mol. The Morgan fingerprint density at radius 2 is 1.73 bits per heavy atom. The zero-order chi connectivity index (χ0) is 22.8. The van der Waals surface area contributed by atoms with Crippen molar-refractivity contribution < 1.29 is 9.59 Å². The molecule has 1 aliphatic heterocycles. The maximum Gasteiger partial charge on any atom is 0.260 e. The summed E-state index contributed by atoms with van der Waals surface area (Å²) in [5.74, 6) is -0.884. The Balaban J connectivity index is 1.56. The van der Waals surface area contributed by atoms with E-state index in [4.69, 9.17) is 5.26 Å². The molecule has 0 saturated carbocycles. The van der Waals surface area contributed by atoms with Gasteiger partial charge in [0, 0.05) is 40.2 Å². The van der Waals surface area contributed by atoms with Crippen LogP contribution < -0.4 is 10.6 Å². The molecule has 0 atom stereocenters. The van der Waals surface area contributed by atoms with E-state index in [0.29, 0.717) is 23.1 Å². The number of nitriles is 1. The summed E-state index contributed by atoms with van der Waals surface area (Å²) in [4.78, 5) is 29.7. The minimum Gasteiger partial charge on any atom is -0.361 e. The van der Waals surface area contributed by atoms with Crippen LogP contribution in [0, 0.1) is 11.3 Å². The fourth-order valence-electron chi connectivity index (χ4n) is 3.94. The maximum absolute atomic E-state index is 12.7. The predicted molar refractivity (Wildman–Crippen MR) is 127 cm³/mol. The van der Waals surface area contributed by atoms with Crippen LogP contribution in [0.5, 0.6) is 0 Å². The number of imide groups is 1. The zero-order valence-electron chi connectivity index (χ0n) is 17.5. The van der Waals surface area contributed by atoms with Crippen LogP contribution in [0.15, 0.2) is 85.2 Å². The Kier molecular flexibility index (Phi) is 5.13. The zero-order valence-corrected chi connectivity index (χ0v) is 17.5. The molecule has 0 aliphatic carbocycles. The molecule has 1 aromatic heterocycles. The Morgan fingerprint density at radius 1 is 0.909 bits per heavy atom. The Bertz CT molecular complexity index is 1480. The van der Waals surface area contributed by atoms with Gasteiger partial charge in [-0.3, -0.25) is 19.9 Å². The van der Waals surface area contributed by atoms with Crippen LogP contribution in [0.25, 0.3) is 27.6 Å². The second-order valence-electron chi connectivity index (χ2n) is 7.66. The van der Waals surface area contributed by atoms with Gasteiger partial charge in [0.25, 0.3) is 11.8 Å². The third-order valence-corrected chi connectivity index (χ3v) is 5.59. The number of fused-ring (bicyclic) bond motifs is 2. The number of hydrogen-bond donors (Lipinski definition) is 2. The normalized spacial score (nSPS) is 14.0. The quantitative estimate of drug-likeness (QED) is 0.362. The van der Waals surface area contributed by atoms with Gasteiger partial charge in [-0.15, -0.1) is 0 Å². The first-order valence-electron chi connectivity index (χ1n) is 10.4. The molecular formula is C27H18N4O2. The minimum atomic E-state index is -0.464. The monoisotopic (exact) mass is 430 g/mol. The summed E-state index contributed by atoms with van der Waals surface area (Å²) in [7, 11) is 0. The van der Waals surface area contributed by atoms with Crippen molar-refractivity contribution >= 4 is 34.0 Å². The summed E-state index contributed by atoms with van der Waals surface area (Å²) in [5.41, 5.74) is 5.68. The van der Waals surface area contributed by atoms with Crippen LogP contribution in [0.2, 0.25) is 0 Å². The number of carbonyl (C=O) groups is 2. The number of nitrogens with one attached hydrogen (secondary N) is 2. The van der Waals surface area contributed by atoms with Crippen molar-refractivity contribution in [2.75, 3.05) is 5.32 Å². The molecule has 0 fully saturated rings. The average Bonchev–Trinajstić information content (AvgIpc) is 2.84. The molecule has 0 unspecified atom stereocenters. The van der Waals surface area contributed by atoms with Gasteiger partial charge in [0.1, 0.15) is 0 Å². The van der Waals surface area contributed by atoms with Crippen molar-refractivity contribution in [3.63, 3.8) is 0 Å². The van der Waals surface area contributed by atoms with Gasteiger partial charge in [-0.25, -0.2) is 0 Å². The summed E-state index contributed by atoms with van der Waals surface area (Å²) >= 11 is 0. The van der Waals surface area contributed by atoms with Gasteiger partial charge in [-0.2, -0.15) is 5.26 Å². The maximum atomic E-state index is 12.7. The second kappa shape index (κ2) is 8.40. The number of carbonyl (C=O) groups excluding carboxylic acids is 2. The second-order valence-corrected chi connectivity index (χ2v) is 7.66. The van der Waals surface area contributed by atoms with E-state index in [2.05, 4.69) is 21.7 Å². The number of nitrogens with zero attached hydrogens (tertiary/aromatic N) is 2. The van der Waals surface area contributed by atoms with Crippen molar-refractivity contribution in [2.45, 2.75) is 6.42 Å². The summed E-state index contributed by atoms with van der Waals surface area (Å²) in [5, 5.41) is 15.4. The smallest absolute Gasteiger partial charge is 0.260 e. The molecule has 4 aromatic rings. The summed E-state index contributed by atoms with van der Waals surface area (Å²) in [6, 6.07) is 24.8. The van der Waals surface area contributed by atoms with Gasteiger partial charge in [0.15, 0.2) is 0 Å². The molecule has 0 saturated heterocycles. The number of aromatic nitrogens is 1. The molecule has 33 heavy (non-hydrogen) atoms. The summed E-state index contributed by atoms with van der Waals surface area (Å²) < 4.78 is 0. The molecule has 1 aliphatic rings. The van der Waals surface area contributed by atoms with Gasteiger partial charge < -0.3 is 5.32 Å². The Morgan fingerprint density at radius 3 is 2.55 bits per heavy atom. The van der Waals surface area contributed by atoms with Gasteiger partial charge >= 0.3 is 0 Å². The molecule has 3 aromatic carbocycles. The van der Waals surface area contributed by atoms with Crippen molar-refractivity contribution in [2.24, 2.45) is 0 Å². The van der Waals surface area contributed by atoms with E-state index in [-0.39, 0.29) is 0 Å². The largest absolute Gasteiger partial charge is 0.361 e. The van der Waals surface area contributed by atoms with Crippen LogP contribution in [-0.4, -0.2) is 16.8 Å². The Hall–Kier alpha value is -4.76. The number of amides is 2. The molecule has 2 N–H and O–H groups in total. The average molecular weight is 430 g/mol. The van der Waals surface area contributed by atoms with E-state index < -0.39 is 11.8 Å². The molecule has 2 heterocycles. The SMILES string of the molecule is N#CCc1ccc(N/C=C2\C(=O)NC(=O)c3ccc(-c4cccc5cccnc45)cc32)cc1. The number of rotatable bonds is 4. The molecule has 158 valence electrons. The predicted octanol–water partition coefficient (Wildman–Crippen LogP) is 4.69. The van der Waals surface area contributed by atoms with E-state index in [0.717, 1.165) is 33.3 Å². The molecule has 0 spiro atoms. The van der Waals surface area contributed by atoms with Crippen LogP contribution in [0.4, 0.5) is 5.69 Å². The lowest BCUT2D eigenvalue weighted by Crippen LogP contribution is -2.36. The lowest BCUT2D eigenvalue weighted by molar-refractivity contribution is -0.114. The van der Waals surface area contributed by atoms with Crippen LogP contribution >= 0.6 is 0 Å². The van der Waals surface area contributed by atoms with Gasteiger partial charge in [-0.1, -0.05) is 42.5 Å². The first-order chi connectivity index (χ1) is 16.1. The van der Waals surface area contributed by atoms with E-state index in [1.807, 2.05) is 66.7 Å². The number of pyridine rings is 1. The molecule has 5 rings (SSSR count). The lowest BCUT2D eigenvalue weighted by Gasteiger charge is -2.20. The van der Waals surface area contributed by atoms with E-state index in [9.17, 15) is 9.59 Å². The van der Waals surface area contributed by atoms with E-state index in [1.54, 1.807) is 18.5 Å². The van der Waals surface area contributed by atoms with Crippen LogP contribution in [0.1, 0.15) is 21.5 Å². The number of anilines is 1. The topological polar surface area (TPSA) is 94.9 Å². The Labute approximate surface area is 190 Å². The highest BCUT2D eigenvalue weighted by Crippen LogP contribution is 2.32. The highest BCUT2D eigenvalue weighted by molar-refractivity contribution is 6.31. The van der Waals surface area contributed by atoms with Crippen molar-refractivity contribution in [1.29, 1.82) is 5.26 Å². The summed E-state index contributed by atoms with van der Waals surface area (Å²) in [6.07, 6.45) is 3.69. The van der Waals surface area contributed by atoms with Gasteiger partial charge in [0.05, 0.1) is 23.6 Å². The van der Waals surface area contributed by atoms with E-state index in [1.165, 1.54) is 0 Å². The van der Waals surface area contributed by atoms with Crippen molar-refractivity contribution in [1.82, 2.24) is 10.3 Å². The molecule has 0 radical (unpaired) electrons. The molecule has 6 heteroatoms. The molecule has 2 amide bonds. The highest BCUT2D eigenvalue weighted by atomic mass is 16.2. The molecule has 0 bridgehead atoms. The molecule has 6 nitrogen and oxygen atoms in total. The number of hydrogen-bond acceptors (Lipinski definition) is 5. The third-order valence-electron chi connectivity index (χ3n) is 5.59. The minimum absolute atomic E-state index is 0.338. The number of benzene rings is 3.